The highest BCUT2D eigenvalue weighted by Crippen LogP contribution is 2.61. The largest absolute Gasteiger partial charge is 0.369 e. The summed E-state index contributed by atoms with van der Waals surface area (Å²) in [6.07, 6.45) is 11.2. The number of rotatable bonds is 10. The van der Waals surface area contributed by atoms with E-state index >= 15 is 0 Å². The molecule has 4 bridgehead atoms. The van der Waals surface area contributed by atoms with Crippen molar-refractivity contribution >= 4 is 28.3 Å². The quantitative estimate of drug-likeness (QED) is 0.427. The first-order valence-corrected chi connectivity index (χ1v) is 12.8. The zero-order valence-corrected chi connectivity index (χ0v) is 19.5. The van der Waals surface area contributed by atoms with Crippen molar-refractivity contribution in [3.05, 3.63) is 30.3 Å². The molecule has 0 spiro atoms. The Bertz CT molecular complexity index is 921. The standard InChI is InChI=1S/C27H38N4O/c1-2-3-9-28-10-11-29-25-8-7-22-23(30-25)5-4-6-24(22)31-26(32)18-27-15-19-12-20(16-27)14-21(13-19)17-27/h4-8,19-21,28H,2-3,9-18H2,1H3,(H,29,30)(H,31,32). The summed E-state index contributed by atoms with van der Waals surface area (Å²) in [7, 11) is 0. The van der Waals surface area contributed by atoms with Crippen LogP contribution in [0.3, 0.4) is 0 Å². The van der Waals surface area contributed by atoms with Crippen LogP contribution in [0.5, 0.6) is 0 Å². The number of fused-ring (bicyclic) bond motifs is 1. The van der Waals surface area contributed by atoms with Gasteiger partial charge in [0.15, 0.2) is 0 Å². The average molecular weight is 435 g/mol. The van der Waals surface area contributed by atoms with E-state index in [-0.39, 0.29) is 11.3 Å². The number of nitrogens with zero attached hydrogens (tertiary/aromatic N) is 1. The fourth-order valence-corrected chi connectivity index (χ4v) is 7.11. The zero-order chi connectivity index (χ0) is 22.0. The van der Waals surface area contributed by atoms with Crippen molar-refractivity contribution < 1.29 is 4.79 Å². The number of aromatic nitrogens is 1. The van der Waals surface area contributed by atoms with Crippen molar-refractivity contribution in [1.82, 2.24) is 10.3 Å². The van der Waals surface area contributed by atoms with Crippen LogP contribution in [-0.2, 0) is 4.79 Å². The molecule has 4 fully saturated rings. The topological polar surface area (TPSA) is 66.0 Å². The lowest BCUT2D eigenvalue weighted by Gasteiger charge is -2.56. The second-order valence-corrected chi connectivity index (χ2v) is 10.7. The van der Waals surface area contributed by atoms with Crippen molar-refractivity contribution in [2.75, 3.05) is 30.3 Å². The number of unbranched alkanes of at least 4 members (excludes halogenated alkanes) is 1. The van der Waals surface area contributed by atoms with Crippen LogP contribution < -0.4 is 16.0 Å². The van der Waals surface area contributed by atoms with Gasteiger partial charge >= 0.3 is 0 Å². The number of nitrogens with one attached hydrogen (secondary N) is 3. The minimum absolute atomic E-state index is 0.180. The summed E-state index contributed by atoms with van der Waals surface area (Å²) in [6.45, 7) is 5.05. The summed E-state index contributed by atoms with van der Waals surface area (Å²) in [4.78, 5) is 17.9. The fourth-order valence-electron chi connectivity index (χ4n) is 7.11. The summed E-state index contributed by atoms with van der Waals surface area (Å²) in [6, 6.07) is 10.1. The predicted molar refractivity (Wildman–Crippen MR) is 132 cm³/mol. The van der Waals surface area contributed by atoms with E-state index in [0.29, 0.717) is 6.42 Å². The molecular formula is C27H38N4O. The van der Waals surface area contributed by atoms with Gasteiger partial charge < -0.3 is 16.0 Å². The molecule has 5 heteroatoms. The summed E-state index contributed by atoms with van der Waals surface area (Å²) < 4.78 is 0. The SMILES string of the molecule is CCCCNCCNc1ccc2c(NC(=O)CC34CC5CC(CC(C5)C3)C4)cccc2n1. The number of hydrogen-bond donors (Lipinski definition) is 3. The monoisotopic (exact) mass is 434 g/mol. The summed E-state index contributed by atoms with van der Waals surface area (Å²) in [5, 5.41) is 11.1. The Morgan fingerprint density at radius 3 is 2.47 bits per heavy atom. The van der Waals surface area contributed by atoms with Crippen LogP contribution >= 0.6 is 0 Å². The van der Waals surface area contributed by atoms with E-state index in [1.165, 1.54) is 51.4 Å². The minimum Gasteiger partial charge on any atom is -0.369 e. The average Bonchev–Trinajstić information content (AvgIpc) is 2.75. The van der Waals surface area contributed by atoms with Crippen LogP contribution in [0.15, 0.2) is 30.3 Å². The van der Waals surface area contributed by atoms with E-state index in [1.807, 2.05) is 24.3 Å². The third kappa shape index (κ3) is 4.78. The maximum Gasteiger partial charge on any atom is 0.224 e. The van der Waals surface area contributed by atoms with E-state index in [4.69, 9.17) is 4.98 Å². The number of hydrogen-bond acceptors (Lipinski definition) is 4. The van der Waals surface area contributed by atoms with Crippen molar-refractivity contribution in [1.29, 1.82) is 0 Å². The van der Waals surface area contributed by atoms with E-state index in [2.05, 4.69) is 28.9 Å². The molecule has 3 N–H and O–H groups in total. The molecule has 4 aliphatic carbocycles. The normalized spacial score (nSPS) is 28.2. The molecule has 2 aromatic rings. The zero-order valence-electron chi connectivity index (χ0n) is 19.5. The van der Waals surface area contributed by atoms with Crippen molar-refractivity contribution in [3.63, 3.8) is 0 Å². The van der Waals surface area contributed by atoms with Crippen molar-refractivity contribution in [3.8, 4) is 0 Å². The molecule has 5 nitrogen and oxygen atoms in total. The Balaban J connectivity index is 1.20. The van der Waals surface area contributed by atoms with Crippen LogP contribution in [0.1, 0.15) is 64.7 Å². The van der Waals surface area contributed by atoms with Crippen LogP contribution in [0, 0.1) is 23.2 Å². The van der Waals surface area contributed by atoms with Gasteiger partial charge in [0.25, 0.3) is 0 Å². The van der Waals surface area contributed by atoms with Gasteiger partial charge in [-0.2, -0.15) is 0 Å². The Kier molecular flexibility index (Phi) is 6.36. The Morgan fingerprint density at radius 1 is 1.00 bits per heavy atom. The number of benzene rings is 1. The van der Waals surface area contributed by atoms with E-state index in [0.717, 1.165) is 59.8 Å². The number of carbonyl (C=O) groups is 1. The molecule has 1 aromatic carbocycles. The highest BCUT2D eigenvalue weighted by Gasteiger charge is 2.51. The van der Waals surface area contributed by atoms with Gasteiger partial charge in [0.2, 0.25) is 5.91 Å². The van der Waals surface area contributed by atoms with Gasteiger partial charge in [0, 0.05) is 24.9 Å². The summed E-state index contributed by atoms with van der Waals surface area (Å²) in [5.41, 5.74) is 2.07. The lowest BCUT2D eigenvalue weighted by atomic mass is 9.49. The molecule has 1 amide bonds. The highest BCUT2D eigenvalue weighted by molar-refractivity contribution is 6.01. The molecule has 1 heterocycles. The molecule has 172 valence electrons. The second kappa shape index (κ2) is 9.38. The van der Waals surface area contributed by atoms with Crippen molar-refractivity contribution in [2.24, 2.45) is 23.2 Å². The maximum absolute atomic E-state index is 13.1. The number of anilines is 2. The fraction of sp³-hybridized carbons (Fsp3) is 0.630. The van der Waals surface area contributed by atoms with Gasteiger partial charge in [0.1, 0.15) is 5.82 Å². The molecule has 0 aliphatic heterocycles. The first-order valence-electron chi connectivity index (χ1n) is 12.8. The summed E-state index contributed by atoms with van der Waals surface area (Å²) >= 11 is 0. The molecule has 1 aromatic heterocycles. The van der Waals surface area contributed by atoms with Gasteiger partial charge in [-0.3, -0.25) is 4.79 Å². The first kappa shape index (κ1) is 21.7. The van der Waals surface area contributed by atoms with Gasteiger partial charge in [-0.05, 0) is 98.9 Å². The maximum atomic E-state index is 13.1. The van der Waals surface area contributed by atoms with Crippen LogP contribution in [0.4, 0.5) is 11.5 Å². The molecule has 4 aliphatic rings. The molecular weight excluding hydrogens is 396 g/mol. The molecule has 6 rings (SSSR count). The molecule has 0 radical (unpaired) electrons. The molecule has 0 atom stereocenters. The summed E-state index contributed by atoms with van der Waals surface area (Å²) in [5.74, 6) is 3.70. The molecule has 0 saturated heterocycles. The highest BCUT2D eigenvalue weighted by atomic mass is 16.1. The predicted octanol–water partition coefficient (Wildman–Crippen LogP) is 5.58. The van der Waals surface area contributed by atoms with Crippen LogP contribution in [-0.4, -0.2) is 30.5 Å². The Hall–Kier alpha value is -2.14. The third-order valence-corrected chi connectivity index (χ3v) is 8.02. The van der Waals surface area contributed by atoms with Crippen LogP contribution in [0.25, 0.3) is 10.9 Å². The lowest BCUT2D eigenvalue weighted by molar-refractivity contribution is -0.124. The van der Waals surface area contributed by atoms with E-state index in [9.17, 15) is 4.79 Å². The molecule has 32 heavy (non-hydrogen) atoms. The second-order valence-electron chi connectivity index (χ2n) is 10.7. The molecule has 0 unspecified atom stereocenters. The Morgan fingerprint density at radius 2 is 1.75 bits per heavy atom. The number of amides is 1. The van der Waals surface area contributed by atoms with Crippen molar-refractivity contribution in [2.45, 2.75) is 64.7 Å². The van der Waals surface area contributed by atoms with E-state index in [1.54, 1.807) is 0 Å². The minimum atomic E-state index is 0.180. The van der Waals surface area contributed by atoms with Gasteiger partial charge in [-0.15, -0.1) is 0 Å². The van der Waals surface area contributed by atoms with Gasteiger partial charge in [-0.1, -0.05) is 19.4 Å². The third-order valence-electron chi connectivity index (χ3n) is 8.02. The molecule has 4 saturated carbocycles. The first-order chi connectivity index (χ1) is 15.6. The van der Waals surface area contributed by atoms with E-state index < -0.39 is 0 Å². The lowest BCUT2D eigenvalue weighted by Crippen LogP contribution is -2.47. The number of pyridine rings is 1. The smallest absolute Gasteiger partial charge is 0.224 e. The van der Waals surface area contributed by atoms with Gasteiger partial charge in [-0.25, -0.2) is 4.98 Å². The Labute approximate surface area is 192 Å². The number of carbonyl (C=O) groups excluding carboxylic acids is 1. The van der Waals surface area contributed by atoms with Gasteiger partial charge in [0.05, 0.1) is 11.2 Å². The van der Waals surface area contributed by atoms with Crippen LogP contribution in [0.2, 0.25) is 0 Å².